The van der Waals surface area contributed by atoms with Crippen LogP contribution < -0.4 is 5.73 Å². The van der Waals surface area contributed by atoms with Crippen molar-refractivity contribution in [1.29, 1.82) is 0 Å². The van der Waals surface area contributed by atoms with Gasteiger partial charge in [-0.25, -0.2) is 4.39 Å². The molecule has 0 spiro atoms. The van der Waals surface area contributed by atoms with Crippen molar-refractivity contribution in [3.8, 4) is 0 Å². The largest absolute Gasteiger partial charge is 0.391 e. The number of hydrogen-bond acceptors (Lipinski definition) is 2. The zero-order chi connectivity index (χ0) is 13.2. The van der Waals surface area contributed by atoms with Gasteiger partial charge in [-0.2, -0.15) is 0 Å². The lowest BCUT2D eigenvalue weighted by atomic mass is 9.90. The van der Waals surface area contributed by atoms with Crippen LogP contribution in [0.4, 0.5) is 4.39 Å². The lowest BCUT2D eigenvalue weighted by Gasteiger charge is -2.25. The molecule has 17 heavy (non-hydrogen) atoms. The number of halogens is 2. The summed E-state index contributed by atoms with van der Waals surface area (Å²) >= 11 is 5.96. The van der Waals surface area contributed by atoms with Gasteiger partial charge in [0.25, 0.3) is 0 Å². The van der Waals surface area contributed by atoms with Crippen LogP contribution in [-0.2, 0) is 0 Å². The van der Waals surface area contributed by atoms with Gasteiger partial charge in [-0.3, -0.25) is 0 Å². The van der Waals surface area contributed by atoms with Gasteiger partial charge in [-0.1, -0.05) is 37.9 Å². The molecule has 96 valence electrons. The van der Waals surface area contributed by atoms with Gasteiger partial charge in [0.05, 0.1) is 12.1 Å². The molecule has 3 N–H and O–H groups in total. The molecular weight excluding hydrogens is 241 g/mol. The maximum Gasteiger partial charge on any atom is 0.132 e. The Labute approximate surface area is 107 Å². The number of rotatable bonds is 4. The van der Waals surface area contributed by atoms with Crippen molar-refractivity contribution in [3.05, 3.63) is 34.1 Å². The van der Waals surface area contributed by atoms with Gasteiger partial charge in [0, 0.05) is 10.6 Å². The van der Waals surface area contributed by atoms with E-state index in [1.54, 1.807) is 19.1 Å². The van der Waals surface area contributed by atoms with Gasteiger partial charge < -0.3 is 10.8 Å². The van der Waals surface area contributed by atoms with Gasteiger partial charge >= 0.3 is 0 Å². The summed E-state index contributed by atoms with van der Waals surface area (Å²) in [6.07, 6.45) is -0.0197. The molecule has 0 aliphatic rings. The quantitative estimate of drug-likeness (QED) is 0.872. The topological polar surface area (TPSA) is 46.2 Å². The van der Waals surface area contributed by atoms with Crippen LogP contribution in [0.5, 0.6) is 0 Å². The molecule has 0 heterocycles. The van der Waals surface area contributed by atoms with E-state index in [0.29, 0.717) is 5.56 Å². The Morgan fingerprint density at radius 1 is 1.47 bits per heavy atom. The zero-order valence-corrected chi connectivity index (χ0v) is 11.1. The minimum absolute atomic E-state index is 0.000906. The third-order valence-corrected chi connectivity index (χ3v) is 3.58. The van der Waals surface area contributed by atoms with Crippen LogP contribution in [0.25, 0.3) is 0 Å². The molecule has 0 fully saturated rings. The summed E-state index contributed by atoms with van der Waals surface area (Å²) in [6.45, 7) is 5.48. The first-order chi connectivity index (χ1) is 7.90. The van der Waals surface area contributed by atoms with Crippen molar-refractivity contribution in [1.82, 2.24) is 0 Å². The van der Waals surface area contributed by atoms with Crippen LogP contribution in [0.2, 0.25) is 5.02 Å². The summed E-state index contributed by atoms with van der Waals surface area (Å²) < 4.78 is 14.0. The Morgan fingerprint density at radius 2 is 2.06 bits per heavy atom. The SMILES string of the molecule is CCC(C)[C@@H](O)[C@@H](N)c1c(Cl)ccc(C)c1F. The molecule has 1 aromatic carbocycles. The molecule has 0 aliphatic carbocycles. The highest BCUT2D eigenvalue weighted by Crippen LogP contribution is 2.31. The Balaban J connectivity index is 3.11. The van der Waals surface area contributed by atoms with E-state index < -0.39 is 18.0 Å². The number of aliphatic hydroxyl groups is 1. The van der Waals surface area contributed by atoms with E-state index in [2.05, 4.69) is 0 Å². The molecule has 2 nitrogen and oxygen atoms in total. The van der Waals surface area contributed by atoms with Crippen molar-refractivity contribution in [2.24, 2.45) is 11.7 Å². The molecule has 1 unspecified atom stereocenters. The molecule has 1 aromatic rings. The number of benzene rings is 1. The van der Waals surface area contributed by atoms with Crippen LogP contribution in [0.1, 0.15) is 37.4 Å². The van der Waals surface area contributed by atoms with Crippen molar-refractivity contribution in [2.45, 2.75) is 39.3 Å². The molecule has 1 rings (SSSR count). The Hall–Kier alpha value is -0.640. The predicted octanol–water partition coefficient (Wildman–Crippen LogP) is 3.19. The lowest BCUT2D eigenvalue weighted by Crippen LogP contribution is -2.32. The van der Waals surface area contributed by atoms with E-state index in [4.69, 9.17) is 17.3 Å². The second-order valence-electron chi connectivity index (χ2n) is 4.49. The average Bonchev–Trinajstić information content (AvgIpc) is 2.32. The standard InChI is InChI=1S/C13H19ClFNO/c1-4-7(2)13(17)12(16)10-9(14)6-5-8(3)11(10)15/h5-7,12-13,17H,4,16H2,1-3H3/t7?,12-,13+/m0/s1. The van der Waals surface area contributed by atoms with E-state index in [-0.39, 0.29) is 16.5 Å². The van der Waals surface area contributed by atoms with Gasteiger partial charge in [0.2, 0.25) is 0 Å². The predicted molar refractivity (Wildman–Crippen MR) is 68.5 cm³/mol. The number of nitrogens with two attached hydrogens (primary N) is 1. The summed E-state index contributed by atoms with van der Waals surface area (Å²) in [5.41, 5.74) is 6.60. The fourth-order valence-corrected chi connectivity index (χ4v) is 2.02. The van der Waals surface area contributed by atoms with E-state index in [0.717, 1.165) is 6.42 Å². The van der Waals surface area contributed by atoms with Gasteiger partial charge in [-0.05, 0) is 24.5 Å². The van der Waals surface area contributed by atoms with Crippen molar-refractivity contribution >= 4 is 11.6 Å². The van der Waals surface area contributed by atoms with Crippen LogP contribution in [0.15, 0.2) is 12.1 Å². The summed E-state index contributed by atoms with van der Waals surface area (Å²) in [4.78, 5) is 0. The van der Waals surface area contributed by atoms with E-state index in [1.165, 1.54) is 0 Å². The number of aryl methyl sites for hydroxylation is 1. The molecule has 0 aromatic heterocycles. The highest BCUT2D eigenvalue weighted by Gasteiger charge is 2.26. The second kappa shape index (κ2) is 5.80. The van der Waals surface area contributed by atoms with E-state index >= 15 is 0 Å². The average molecular weight is 260 g/mol. The number of aliphatic hydroxyl groups excluding tert-OH is 1. The maximum atomic E-state index is 14.0. The van der Waals surface area contributed by atoms with Crippen LogP contribution in [0, 0.1) is 18.7 Å². The fraction of sp³-hybridized carbons (Fsp3) is 0.538. The van der Waals surface area contributed by atoms with Gasteiger partial charge in [0.1, 0.15) is 5.82 Å². The Kier molecular flexibility index (Phi) is 4.92. The van der Waals surface area contributed by atoms with E-state index in [9.17, 15) is 9.50 Å². The van der Waals surface area contributed by atoms with E-state index in [1.807, 2.05) is 13.8 Å². The molecule has 0 amide bonds. The third-order valence-electron chi connectivity index (χ3n) is 3.25. The van der Waals surface area contributed by atoms with Crippen molar-refractivity contribution in [2.75, 3.05) is 0 Å². The highest BCUT2D eigenvalue weighted by atomic mass is 35.5. The van der Waals surface area contributed by atoms with Crippen molar-refractivity contribution < 1.29 is 9.50 Å². The molecule has 0 bridgehead atoms. The molecule has 0 saturated carbocycles. The first-order valence-electron chi connectivity index (χ1n) is 5.78. The molecule has 0 aliphatic heterocycles. The fourth-order valence-electron chi connectivity index (χ4n) is 1.75. The smallest absolute Gasteiger partial charge is 0.132 e. The Bertz CT molecular complexity index is 397. The summed E-state index contributed by atoms with van der Waals surface area (Å²) in [5.74, 6) is -0.423. The molecular formula is C13H19ClFNO. The van der Waals surface area contributed by atoms with Crippen LogP contribution >= 0.6 is 11.6 Å². The Morgan fingerprint density at radius 3 is 2.59 bits per heavy atom. The maximum absolute atomic E-state index is 14.0. The number of hydrogen-bond donors (Lipinski definition) is 2. The second-order valence-corrected chi connectivity index (χ2v) is 4.90. The molecule has 0 radical (unpaired) electrons. The molecule has 3 atom stereocenters. The zero-order valence-electron chi connectivity index (χ0n) is 10.4. The van der Waals surface area contributed by atoms with Crippen LogP contribution in [0.3, 0.4) is 0 Å². The summed E-state index contributed by atoms with van der Waals surface area (Å²) in [5, 5.41) is 10.3. The first-order valence-corrected chi connectivity index (χ1v) is 6.16. The minimum atomic E-state index is -0.797. The monoisotopic (exact) mass is 259 g/mol. The summed E-state index contributed by atoms with van der Waals surface area (Å²) in [6, 6.07) is 2.42. The first kappa shape index (κ1) is 14.4. The third kappa shape index (κ3) is 2.97. The van der Waals surface area contributed by atoms with Gasteiger partial charge in [0.15, 0.2) is 0 Å². The van der Waals surface area contributed by atoms with Crippen LogP contribution in [-0.4, -0.2) is 11.2 Å². The summed E-state index contributed by atoms with van der Waals surface area (Å²) in [7, 11) is 0. The minimum Gasteiger partial charge on any atom is -0.391 e. The lowest BCUT2D eigenvalue weighted by molar-refractivity contribution is 0.0867. The molecule has 4 heteroatoms. The highest BCUT2D eigenvalue weighted by molar-refractivity contribution is 6.31. The van der Waals surface area contributed by atoms with Crippen molar-refractivity contribution in [3.63, 3.8) is 0 Å². The van der Waals surface area contributed by atoms with Gasteiger partial charge in [-0.15, -0.1) is 0 Å². The normalized spacial score (nSPS) is 16.6. The molecule has 0 saturated heterocycles.